The number of aliphatic carboxylic acids is 3. The zero-order valence-corrected chi connectivity index (χ0v) is 68.4. The minimum Gasteiger partial charge on any atom is -0.481 e. The summed E-state index contributed by atoms with van der Waals surface area (Å²) in [5.74, 6) is -21.7. The van der Waals surface area contributed by atoms with E-state index in [1.807, 2.05) is 12.3 Å². The summed E-state index contributed by atoms with van der Waals surface area (Å²) in [4.78, 5) is 245. The summed E-state index contributed by atoms with van der Waals surface area (Å²) >= 11 is 3.82. The number of rotatable bonds is 39. The summed E-state index contributed by atoms with van der Waals surface area (Å²) in [5, 5.41) is 69.2. The molecule has 35 nitrogen and oxygen atoms in total. The van der Waals surface area contributed by atoms with Crippen LogP contribution in [-0.4, -0.2) is 232 Å². The second-order valence-electron chi connectivity index (χ2n) is 29.3. The molecular formula is C80H106N14O21S3. The van der Waals surface area contributed by atoms with Crippen molar-refractivity contribution in [2.45, 2.75) is 195 Å². The Morgan fingerprint density at radius 2 is 1.31 bits per heavy atom. The molecule has 0 unspecified atom stereocenters. The zero-order chi connectivity index (χ0) is 86.5. The highest BCUT2D eigenvalue weighted by atomic mass is 32.2. The van der Waals surface area contributed by atoms with Gasteiger partial charge in [0, 0.05) is 98.5 Å². The van der Waals surface area contributed by atoms with Gasteiger partial charge in [0.1, 0.15) is 36.0 Å². The number of aliphatic hydroxyl groups is 1. The van der Waals surface area contributed by atoms with Gasteiger partial charge in [0.25, 0.3) is 0 Å². The van der Waals surface area contributed by atoms with Gasteiger partial charge in [0.05, 0.1) is 67.4 Å². The van der Waals surface area contributed by atoms with Crippen LogP contribution in [-0.2, 0) is 112 Å². The molecule has 6 rings (SSSR count). The fourth-order valence-corrected chi connectivity index (χ4v) is 16.1. The number of nitrogens with zero attached hydrogens (tertiary/aromatic N) is 2. The summed E-state index contributed by atoms with van der Waals surface area (Å²) in [6.07, 6.45) is -2.57. The maximum Gasteiger partial charge on any atom is 0.305 e. The number of nitrogens with two attached hydrogens (primary N) is 2. The number of Topliss-reactive ketones (excluding diaryl/α,β-unsaturated/α-hetero) is 4. The van der Waals surface area contributed by atoms with Crippen LogP contribution >= 0.6 is 35.3 Å². The predicted octanol–water partition coefficient (Wildman–Crippen LogP) is 1.37. The van der Waals surface area contributed by atoms with Crippen LogP contribution in [0.15, 0.2) is 97.5 Å². The van der Waals surface area contributed by atoms with Crippen LogP contribution in [0.1, 0.15) is 138 Å². The standard InChI is InChI=1S/C80H106N14O21S3/c1-45(95)28-51(25-27-116-3)73(108)92-61-43-118-41-50-19-12-18-49(29-50)40-117-42-60(91-75(110)52(30-47-14-6-4-7-15-47)32-63(97)56(23-24-68(101)102)87-80(115)71(46(2)96)93-79(114)62-21-13-26-94(62)67(100)39-85-77(61)112)65(99)34-54(35-69(103)104)76(111)89-58(36-55-38-84-44-86-55)64(98)33-53(31-48-16-8-5-9-17-48)74(109)88-57(20-10-11-22-66(81)82)78(113)90-59(72(83)107)37-70(105)106/h4-9,12,14-19,29,38,44,46,51-54,56-62,71,96H,10-11,13,20-28,30-37,39-43H2,1-3H3,(H3,81,82)(H2,83,107)(H,84,86)(H,85,112)(H,87,115)(H,88,109)(H,89,111)(H,90,113)(H,91,110)(H,92,108)(H,93,114)(H,101,102)(H,103,104)(H,105,106)/t46-,51-,52-,53-,54+,56+,57+,58+,59+,60+,61+,62+,71+/m1/s1. The van der Waals surface area contributed by atoms with Crippen LogP contribution in [0, 0.1) is 29.1 Å². The van der Waals surface area contributed by atoms with Crippen LogP contribution in [0.4, 0.5) is 0 Å². The third-order valence-corrected chi connectivity index (χ3v) is 22.6. The van der Waals surface area contributed by atoms with Crippen molar-refractivity contribution in [1.82, 2.24) is 57.4 Å². The first-order valence-corrected chi connectivity index (χ1v) is 42.4. The van der Waals surface area contributed by atoms with Gasteiger partial charge in [-0.1, -0.05) is 91.3 Å². The lowest BCUT2D eigenvalue weighted by molar-refractivity contribution is -0.143. The quantitative estimate of drug-likeness (QED) is 0.0170. The van der Waals surface area contributed by atoms with E-state index in [0.717, 1.165) is 24.2 Å². The van der Waals surface area contributed by atoms with Gasteiger partial charge in [0.2, 0.25) is 59.1 Å². The first-order chi connectivity index (χ1) is 56.2. The average molecular weight is 1700 g/mol. The lowest BCUT2D eigenvalue weighted by Crippen LogP contribution is -2.59. The molecule has 0 aliphatic carbocycles. The van der Waals surface area contributed by atoms with E-state index < -0.39 is 224 Å². The van der Waals surface area contributed by atoms with Crippen LogP contribution < -0.4 is 54.0 Å². The number of aromatic nitrogens is 2. The lowest BCUT2D eigenvalue weighted by Gasteiger charge is -2.29. The van der Waals surface area contributed by atoms with Crippen LogP contribution in [0.5, 0.6) is 0 Å². The number of carboxylic acids is 3. The molecule has 1 aromatic heterocycles. The fourth-order valence-electron chi connectivity index (χ4n) is 13.5. The van der Waals surface area contributed by atoms with E-state index >= 15 is 19.2 Å². The molecule has 3 heterocycles. The monoisotopic (exact) mass is 1690 g/mol. The lowest BCUT2D eigenvalue weighted by atomic mass is 9.88. The number of unbranched alkanes of at least 4 members (excludes halogenated alkanes) is 1. The van der Waals surface area contributed by atoms with Crippen molar-refractivity contribution in [2.75, 3.05) is 36.6 Å². The van der Waals surface area contributed by atoms with E-state index in [-0.39, 0.29) is 105 Å². The number of ketones is 4. The highest BCUT2D eigenvalue weighted by Crippen LogP contribution is 2.26. The molecule has 2 bridgehead atoms. The number of hydrogen-bond acceptors (Lipinski definition) is 23. The Morgan fingerprint density at radius 1 is 0.661 bits per heavy atom. The van der Waals surface area contributed by atoms with Gasteiger partial charge in [-0.3, -0.25) is 82.1 Å². The Kier molecular flexibility index (Phi) is 40.2. The zero-order valence-electron chi connectivity index (χ0n) is 65.9. The molecule has 2 aliphatic heterocycles. The number of carbonyl (C=O) groups is 17. The van der Waals surface area contributed by atoms with Crippen molar-refractivity contribution in [3.63, 3.8) is 0 Å². The van der Waals surface area contributed by atoms with Crippen molar-refractivity contribution in [2.24, 2.45) is 35.1 Å². The maximum atomic E-state index is 15.3. The average Bonchev–Trinajstić information content (AvgIpc) is 1.79. The SMILES string of the molecule is CSCC[C@H](CC(C)=O)C(=O)N[C@H]1CSCc2cccc(c2)CSC[C@@H](C(=O)C[C@@H](CC(=O)O)C(=O)N[C@@H](Cc2c[nH]cn2)C(=O)C[C@@H](Cc2ccccc2)C(=O)N[C@@H](CCCCC(=N)N)C(=O)N[C@@H](CC(=O)O)C(N)=O)NC(=O)[C@H](Cc2ccccc2)CC(=O)[C@H](CCC(=O)O)NC(=O)[C@H]([C@@H](C)O)NC(=O)[C@@H]2CCCN2C(=O)CNC1=O. The number of nitrogens with one attached hydrogen (secondary N) is 10. The van der Waals surface area contributed by atoms with Gasteiger partial charge in [0.15, 0.2) is 17.3 Å². The highest BCUT2D eigenvalue weighted by molar-refractivity contribution is 7.99. The molecule has 0 spiro atoms. The normalized spacial score (nSPS) is 19.9. The van der Waals surface area contributed by atoms with E-state index in [4.69, 9.17) is 16.9 Å². The van der Waals surface area contributed by atoms with Crippen molar-refractivity contribution < 1.29 is 102 Å². The molecule has 18 N–H and O–H groups in total. The number of primary amides is 1. The van der Waals surface area contributed by atoms with Gasteiger partial charge >= 0.3 is 17.9 Å². The number of thioether (sulfide) groups is 3. The van der Waals surface area contributed by atoms with Crippen LogP contribution in [0.2, 0.25) is 0 Å². The van der Waals surface area contributed by atoms with E-state index in [0.29, 0.717) is 35.3 Å². The van der Waals surface area contributed by atoms with Gasteiger partial charge in [-0.25, -0.2) is 4.98 Å². The van der Waals surface area contributed by atoms with Crippen molar-refractivity contribution >= 4 is 141 Å². The Balaban J connectivity index is 1.38. The molecule has 0 saturated carbocycles. The minimum atomic E-state index is -1.84. The number of carboxylic acid groups (broad SMARTS) is 3. The Bertz CT molecular complexity index is 4180. The molecule has 38 heteroatoms. The van der Waals surface area contributed by atoms with E-state index in [1.165, 1.54) is 47.9 Å². The van der Waals surface area contributed by atoms with Gasteiger partial charge in [-0.15, -0.1) is 0 Å². The third-order valence-electron chi connectivity index (χ3n) is 19.8. The highest BCUT2D eigenvalue weighted by Gasteiger charge is 2.41. The van der Waals surface area contributed by atoms with Crippen molar-refractivity contribution in [3.05, 3.63) is 125 Å². The molecule has 3 aromatic carbocycles. The van der Waals surface area contributed by atoms with Crippen molar-refractivity contribution in [1.29, 1.82) is 5.41 Å². The smallest absolute Gasteiger partial charge is 0.305 e. The van der Waals surface area contributed by atoms with Gasteiger partial charge in [-0.2, -0.15) is 35.3 Å². The first-order valence-electron chi connectivity index (χ1n) is 38.7. The Labute approximate surface area is 694 Å². The minimum absolute atomic E-state index is 0.0320. The molecular weight excluding hydrogens is 1590 g/mol. The largest absolute Gasteiger partial charge is 0.481 e. The summed E-state index contributed by atoms with van der Waals surface area (Å²) in [7, 11) is 0. The number of amides is 10. The number of aliphatic hydroxyl groups excluding tert-OH is 1. The first kappa shape index (κ1) is 96.0. The number of carbonyl (C=O) groups excluding carboxylic acids is 14. The Hall–Kier alpha value is -10.9. The van der Waals surface area contributed by atoms with E-state index in [2.05, 4.69) is 52.5 Å². The van der Waals surface area contributed by atoms with Crippen LogP contribution in [0.25, 0.3) is 0 Å². The molecule has 0 radical (unpaired) electrons. The summed E-state index contributed by atoms with van der Waals surface area (Å²) in [5.41, 5.74) is 13.6. The van der Waals surface area contributed by atoms with Crippen LogP contribution in [0.3, 0.4) is 0 Å². The number of imidazole rings is 1. The second-order valence-corrected chi connectivity index (χ2v) is 32.4. The van der Waals surface area contributed by atoms with E-state index in [9.17, 15) is 82.8 Å². The summed E-state index contributed by atoms with van der Waals surface area (Å²) in [6, 6.07) is 11.2. The molecule has 10 amide bonds. The molecule has 1 saturated heterocycles. The summed E-state index contributed by atoms with van der Waals surface area (Å²) < 4.78 is 0. The second kappa shape index (κ2) is 49.4. The number of fused-ring (bicyclic) bond motifs is 3. The number of aromatic amines is 1. The molecule has 640 valence electrons. The molecule has 2 aliphatic rings. The summed E-state index contributed by atoms with van der Waals surface area (Å²) in [6.45, 7) is 1.89. The number of hydrogen-bond donors (Lipinski definition) is 16. The van der Waals surface area contributed by atoms with Crippen molar-refractivity contribution in [3.8, 4) is 0 Å². The topological polar surface area (TPSA) is 575 Å². The number of benzene rings is 3. The Morgan fingerprint density at radius 3 is 1.92 bits per heavy atom. The number of amidine groups is 1. The predicted molar refractivity (Wildman–Crippen MR) is 436 cm³/mol. The third kappa shape index (κ3) is 33.3. The molecule has 118 heavy (non-hydrogen) atoms. The molecule has 1 fully saturated rings. The maximum absolute atomic E-state index is 15.3. The van der Waals surface area contributed by atoms with Gasteiger partial charge in [-0.05, 0) is 99.5 Å². The molecule has 4 aromatic rings. The molecule has 13 atom stereocenters. The number of H-pyrrole nitrogens is 1. The fraction of sp³-hybridized carbons (Fsp3) is 0.512. The van der Waals surface area contributed by atoms with E-state index in [1.54, 1.807) is 78.9 Å². The van der Waals surface area contributed by atoms with Gasteiger partial charge < -0.3 is 89.1 Å².